The van der Waals surface area contributed by atoms with Crippen molar-refractivity contribution in [1.82, 2.24) is 20.2 Å². The maximum atomic E-state index is 12.5. The Morgan fingerprint density at radius 2 is 1.64 bits per heavy atom. The van der Waals surface area contributed by atoms with Crippen LogP contribution in [-0.4, -0.2) is 53.0 Å². The first-order valence-corrected chi connectivity index (χ1v) is 8.06. The van der Waals surface area contributed by atoms with Gasteiger partial charge >= 0.3 is 6.03 Å². The first kappa shape index (κ1) is 16.8. The number of hydrogen-bond acceptors (Lipinski definition) is 6. The number of nitrogens with zero attached hydrogens (tertiary/aromatic N) is 4. The number of hydrogen-bond donors (Lipinski definition) is 2. The second-order valence-corrected chi connectivity index (χ2v) is 5.74. The number of rotatable bonds is 4. The van der Waals surface area contributed by atoms with Crippen molar-refractivity contribution in [2.75, 3.05) is 31.1 Å². The van der Waals surface area contributed by atoms with Crippen LogP contribution in [0.15, 0.2) is 48.8 Å². The molecule has 0 spiro atoms. The summed E-state index contributed by atoms with van der Waals surface area (Å²) in [5.41, 5.74) is 5.95. The van der Waals surface area contributed by atoms with Gasteiger partial charge in [-0.1, -0.05) is 30.3 Å². The van der Waals surface area contributed by atoms with Gasteiger partial charge in [0.05, 0.1) is 0 Å². The number of nitrogens with one attached hydrogen (secondary N) is 1. The number of nitrogens with two attached hydrogens (primary N) is 1. The molecule has 8 heteroatoms. The van der Waals surface area contributed by atoms with E-state index in [4.69, 9.17) is 5.73 Å². The van der Waals surface area contributed by atoms with Gasteiger partial charge in [-0.25, -0.2) is 14.8 Å². The molecule has 130 valence electrons. The van der Waals surface area contributed by atoms with Gasteiger partial charge in [0, 0.05) is 38.6 Å². The molecular weight excluding hydrogens is 320 g/mol. The molecule has 2 heterocycles. The summed E-state index contributed by atoms with van der Waals surface area (Å²) >= 11 is 0. The van der Waals surface area contributed by atoms with E-state index in [-0.39, 0.29) is 0 Å². The van der Waals surface area contributed by atoms with Crippen LogP contribution in [0.5, 0.6) is 0 Å². The van der Waals surface area contributed by atoms with Crippen LogP contribution in [0.3, 0.4) is 0 Å². The average Bonchev–Trinajstić information content (AvgIpc) is 2.63. The summed E-state index contributed by atoms with van der Waals surface area (Å²) in [7, 11) is 0. The van der Waals surface area contributed by atoms with E-state index in [0.29, 0.717) is 32.1 Å². The van der Waals surface area contributed by atoms with Crippen LogP contribution < -0.4 is 16.0 Å². The number of carbonyl (C=O) groups is 2. The van der Waals surface area contributed by atoms with Crippen LogP contribution in [-0.2, 0) is 4.79 Å². The Kier molecular flexibility index (Phi) is 5.20. The van der Waals surface area contributed by atoms with Crippen molar-refractivity contribution in [2.45, 2.75) is 6.04 Å². The molecule has 1 aromatic heterocycles. The summed E-state index contributed by atoms with van der Waals surface area (Å²) in [4.78, 5) is 36.3. The monoisotopic (exact) mass is 340 g/mol. The summed E-state index contributed by atoms with van der Waals surface area (Å²) in [5.74, 6) is 0.267. The summed E-state index contributed by atoms with van der Waals surface area (Å²) < 4.78 is 0. The summed E-state index contributed by atoms with van der Waals surface area (Å²) in [6.45, 7) is 2.67. The molecule has 3 rings (SSSR count). The zero-order chi connectivity index (χ0) is 17.6. The third-order valence-electron chi connectivity index (χ3n) is 4.12. The van der Waals surface area contributed by atoms with Crippen LogP contribution in [0.2, 0.25) is 0 Å². The highest BCUT2D eigenvalue weighted by Crippen LogP contribution is 2.23. The fraction of sp³-hybridized carbons (Fsp3) is 0.294. The summed E-state index contributed by atoms with van der Waals surface area (Å²) in [6, 6.07) is 9.74. The zero-order valence-electron chi connectivity index (χ0n) is 13.7. The molecular formula is C17H20N6O2. The van der Waals surface area contributed by atoms with Crippen LogP contribution in [0, 0.1) is 0 Å². The first-order valence-electron chi connectivity index (χ1n) is 8.06. The Hall–Kier alpha value is -3.00. The third kappa shape index (κ3) is 4.10. The van der Waals surface area contributed by atoms with E-state index in [9.17, 15) is 9.59 Å². The van der Waals surface area contributed by atoms with Gasteiger partial charge in [0.1, 0.15) is 6.04 Å². The van der Waals surface area contributed by atoms with Gasteiger partial charge in [0.2, 0.25) is 11.9 Å². The van der Waals surface area contributed by atoms with Gasteiger partial charge in [0.25, 0.3) is 0 Å². The lowest BCUT2D eigenvalue weighted by molar-refractivity contribution is -0.125. The first-order chi connectivity index (χ1) is 12.1. The Morgan fingerprint density at radius 3 is 2.24 bits per heavy atom. The Bertz CT molecular complexity index is 716. The molecule has 8 nitrogen and oxygen atoms in total. The highest BCUT2D eigenvalue weighted by Gasteiger charge is 2.31. The second kappa shape index (κ2) is 7.71. The maximum absolute atomic E-state index is 12.5. The van der Waals surface area contributed by atoms with Gasteiger partial charge in [-0.15, -0.1) is 0 Å². The molecule has 0 bridgehead atoms. The normalized spacial score (nSPS) is 16.2. The molecule has 1 saturated heterocycles. The molecule has 0 saturated carbocycles. The molecule has 0 radical (unpaired) electrons. The van der Waals surface area contributed by atoms with E-state index in [1.165, 1.54) is 0 Å². The van der Waals surface area contributed by atoms with E-state index in [1.807, 2.05) is 35.2 Å². The van der Waals surface area contributed by atoms with Crippen molar-refractivity contribution in [3.05, 3.63) is 54.4 Å². The van der Waals surface area contributed by atoms with Crippen LogP contribution in [0.1, 0.15) is 11.6 Å². The molecule has 3 N–H and O–H groups in total. The number of urea groups is 1. The molecule has 25 heavy (non-hydrogen) atoms. The number of aromatic nitrogens is 2. The number of carbonyl (C=O) groups excluding carboxylic acids is 2. The minimum absolute atomic E-state index is 0.414. The van der Waals surface area contributed by atoms with Crippen molar-refractivity contribution in [1.29, 1.82) is 0 Å². The third-order valence-corrected chi connectivity index (χ3v) is 4.12. The molecule has 0 unspecified atom stereocenters. The van der Waals surface area contributed by atoms with Crippen LogP contribution >= 0.6 is 0 Å². The number of benzene rings is 1. The lowest BCUT2D eigenvalue weighted by Crippen LogP contribution is -2.52. The standard InChI is InChI=1S/C17H20N6O2/c18-16(25)21-15(24)14(13-5-2-1-3-6-13)22-9-11-23(12-10-22)17-19-7-4-8-20-17/h1-8,14H,9-12H2,(H3,18,21,24,25)/t14-/m1/s1. The minimum Gasteiger partial charge on any atom is -0.351 e. The van der Waals surface area contributed by atoms with Gasteiger partial charge in [-0.05, 0) is 11.6 Å². The van der Waals surface area contributed by atoms with Gasteiger partial charge in [-0.3, -0.25) is 15.0 Å². The Balaban J connectivity index is 1.74. The zero-order valence-corrected chi connectivity index (χ0v) is 13.7. The average molecular weight is 340 g/mol. The molecule has 3 amide bonds. The fourth-order valence-electron chi connectivity index (χ4n) is 2.99. The molecule has 2 aromatic rings. The van der Waals surface area contributed by atoms with Crippen molar-refractivity contribution in [3.63, 3.8) is 0 Å². The topological polar surface area (TPSA) is 104 Å². The lowest BCUT2D eigenvalue weighted by atomic mass is 10.0. The van der Waals surface area contributed by atoms with Crippen molar-refractivity contribution in [3.8, 4) is 0 Å². The SMILES string of the molecule is NC(=O)NC(=O)[C@@H](c1ccccc1)N1CCN(c2ncccn2)CC1. The largest absolute Gasteiger partial charge is 0.351 e. The quantitative estimate of drug-likeness (QED) is 0.841. The summed E-state index contributed by atoms with van der Waals surface area (Å²) in [5, 5.41) is 2.20. The molecule has 0 aliphatic carbocycles. The van der Waals surface area contributed by atoms with E-state index >= 15 is 0 Å². The maximum Gasteiger partial charge on any atom is 0.318 e. The Morgan fingerprint density at radius 1 is 1.00 bits per heavy atom. The fourth-order valence-corrected chi connectivity index (χ4v) is 2.99. The molecule has 1 fully saturated rings. The van der Waals surface area contributed by atoms with Gasteiger partial charge < -0.3 is 10.6 Å². The highest BCUT2D eigenvalue weighted by atomic mass is 16.2. The van der Waals surface area contributed by atoms with Gasteiger partial charge in [0.15, 0.2) is 0 Å². The van der Waals surface area contributed by atoms with E-state index < -0.39 is 18.0 Å². The summed E-state index contributed by atoms with van der Waals surface area (Å²) in [6.07, 6.45) is 3.42. The predicted molar refractivity (Wildman–Crippen MR) is 92.7 cm³/mol. The van der Waals surface area contributed by atoms with E-state index in [1.54, 1.807) is 18.5 Å². The van der Waals surface area contributed by atoms with Gasteiger partial charge in [-0.2, -0.15) is 0 Å². The smallest absolute Gasteiger partial charge is 0.318 e. The van der Waals surface area contributed by atoms with Crippen molar-refractivity contribution in [2.24, 2.45) is 5.73 Å². The minimum atomic E-state index is -0.845. The van der Waals surface area contributed by atoms with E-state index in [0.717, 1.165) is 5.56 Å². The molecule has 1 aromatic carbocycles. The molecule has 1 aliphatic heterocycles. The number of piperazine rings is 1. The Labute approximate surface area is 145 Å². The van der Waals surface area contributed by atoms with Crippen LogP contribution in [0.25, 0.3) is 0 Å². The van der Waals surface area contributed by atoms with Crippen LogP contribution in [0.4, 0.5) is 10.7 Å². The second-order valence-electron chi connectivity index (χ2n) is 5.74. The molecule has 1 atom stereocenters. The number of imide groups is 1. The highest BCUT2D eigenvalue weighted by molar-refractivity contribution is 5.96. The number of anilines is 1. The number of primary amides is 1. The molecule has 1 aliphatic rings. The van der Waals surface area contributed by atoms with Crippen molar-refractivity contribution >= 4 is 17.9 Å². The lowest BCUT2D eigenvalue weighted by Gasteiger charge is -2.38. The van der Waals surface area contributed by atoms with Crippen molar-refractivity contribution < 1.29 is 9.59 Å². The predicted octanol–water partition coefficient (Wildman–Crippen LogP) is 0.535. The number of amides is 3. The van der Waals surface area contributed by atoms with E-state index in [2.05, 4.69) is 20.2 Å².